The summed E-state index contributed by atoms with van der Waals surface area (Å²) < 4.78 is 5.25. The Hall–Kier alpha value is -3.39. The van der Waals surface area contributed by atoms with E-state index in [1.54, 1.807) is 19.2 Å². The molecular formula is C23H23N3O2. The number of carbonyl (C=O) groups excluding carboxylic acids is 1. The first-order valence-corrected chi connectivity index (χ1v) is 9.25. The number of nitrogens with one attached hydrogen (secondary N) is 1. The molecule has 0 aliphatic carbocycles. The number of Topliss-reactive ketones (excluding diaryl/α,β-unsaturated/α-hetero) is 1. The maximum atomic E-state index is 12.4. The Bertz CT molecular complexity index is 1070. The van der Waals surface area contributed by atoms with Gasteiger partial charge in [-0.15, -0.1) is 0 Å². The molecule has 0 radical (unpaired) electrons. The van der Waals surface area contributed by atoms with Crippen LogP contribution in [0.3, 0.4) is 0 Å². The maximum absolute atomic E-state index is 12.4. The number of nitriles is 1. The van der Waals surface area contributed by atoms with E-state index in [1.807, 2.05) is 38.1 Å². The van der Waals surface area contributed by atoms with E-state index in [0.717, 1.165) is 22.0 Å². The summed E-state index contributed by atoms with van der Waals surface area (Å²) in [6.07, 6.45) is 1.02. The number of hydrogen-bond donors (Lipinski definition) is 1. The summed E-state index contributed by atoms with van der Waals surface area (Å²) in [7, 11) is 1.56. The van der Waals surface area contributed by atoms with Gasteiger partial charge in [0.2, 0.25) is 0 Å². The SMILES string of the molecule is COc1ccccc1C(=O)CCCNc1nc2cc(C)cc(C)c2cc1C#N. The highest BCUT2D eigenvalue weighted by molar-refractivity contribution is 5.98. The van der Waals surface area contributed by atoms with Crippen LogP contribution in [0, 0.1) is 25.2 Å². The Labute approximate surface area is 165 Å². The Balaban J connectivity index is 1.68. The highest BCUT2D eigenvalue weighted by Gasteiger charge is 2.12. The lowest BCUT2D eigenvalue weighted by molar-refractivity contribution is 0.0978. The van der Waals surface area contributed by atoms with E-state index in [2.05, 4.69) is 22.4 Å². The van der Waals surface area contributed by atoms with Gasteiger partial charge in [-0.05, 0) is 55.7 Å². The standard InChI is InChI=1S/C23H23N3O2/c1-15-11-16(2)19-13-17(14-24)23(26-20(19)12-15)25-10-6-8-21(27)18-7-4-5-9-22(18)28-3/h4-5,7,9,11-13H,6,8,10H2,1-3H3,(H,25,26). The summed E-state index contributed by atoms with van der Waals surface area (Å²) in [6.45, 7) is 4.61. The summed E-state index contributed by atoms with van der Waals surface area (Å²) in [5.41, 5.74) is 4.21. The van der Waals surface area contributed by atoms with Gasteiger partial charge in [-0.3, -0.25) is 4.79 Å². The molecule has 3 rings (SSSR count). The quantitative estimate of drug-likeness (QED) is 0.475. The first kappa shape index (κ1) is 19.4. The molecule has 0 atom stereocenters. The van der Waals surface area contributed by atoms with Crippen molar-refractivity contribution in [3.8, 4) is 11.8 Å². The predicted octanol–water partition coefficient (Wildman–Crippen LogP) is 4.81. The number of methoxy groups -OCH3 is 1. The zero-order chi connectivity index (χ0) is 20.1. The lowest BCUT2D eigenvalue weighted by atomic mass is 10.0. The van der Waals surface area contributed by atoms with Crippen LogP contribution in [0.5, 0.6) is 5.75 Å². The molecule has 0 spiro atoms. The van der Waals surface area contributed by atoms with Crippen LogP contribution in [0.1, 0.15) is 39.9 Å². The van der Waals surface area contributed by atoms with E-state index < -0.39 is 0 Å². The Morgan fingerprint density at radius 1 is 1.21 bits per heavy atom. The molecule has 5 nitrogen and oxygen atoms in total. The van der Waals surface area contributed by atoms with Gasteiger partial charge in [-0.1, -0.05) is 18.2 Å². The van der Waals surface area contributed by atoms with Crippen molar-refractivity contribution in [2.45, 2.75) is 26.7 Å². The van der Waals surface area contributed by atoms with Gasteiger partial charge in [0.25, 0.3) is 0 Å². The number of ether oxygens (including phenoxy) is 1. The number of rotatable bonds is 7. The van der Waals surface area contributed by atoms with Crippen molar-refractivity contribution in [3.63, 3.8) is 0 Å². The second-order valence-electron chi connectivity index (χ2n) is 6.80. The second kappa shape index (κ2) is 8.53. The summed E-state index contributed by atoms with van der Waals surface area (Å²) in [5, 5.41) is 13.7. The molecule has 0 aliphatic heterocycles. The van der Waals surface area contributed by atoms with Gasteiger partial charge >= 0.3 is 0 Å². The Morgan fingerprint density at radius 2 is 2.00 bits per heavy atom. The van der Waals surface area contributed by atoms with E-state index in [-0.39, 0.29) is 5.78 Å². The highest BCUT2D eigenvalue weighted by Crippen LogP contribution is 2.24. The summed E-state index contributed by atoms with van der Waals surface area (Å²) in [6, 6.07) is 15.4. The minimum absolute atomic E-state index is 0.0393. The number of aromatic nitrogens is 1. The number of ketones is 1. The molecule has 0 unspecified atom stereocenters. The lowest BCUT2D eigenvalue weighted by Crippen LogP contribution is -2.09. The fourth-order valence-corrected chi connectivity index (χ4v) is 3.32. The van der Waals surface area contributed by atoms with E-state index >= 15 is 0 Å². The maximum Gasteiger partial charge on any atom is 0.166 e. The van der Waals surface area contributed by atoms with Crippen LogP contribution >= 0.6 is 0 Å². The molecule has 0 bridgehead atoms. The summed E-state index contributed by atoms with van der Waals surface area (Å²) in [4.78, 5) is 17.1. The van der Waals surface area contributed by atoms with Crippen molar-refractivity contribution < 1.29 is 9.53 Å². The molecule has 0 fully saturated rings. The minimum atomic E-state index is 0.0393. The first-order valence-electron chi connectivity index (χ1n) is 9.25. The second-order valence-corrected chi connectivity index (χ2v) is 6.80. The molecule has 0 saturated heterocycles. The average Bonchev–Trinajstić information content (AvgIpc) is 2.70. The number of pyridine rings is 1. The van der Waals surface area contributed by atoms with Crippen LogP contribution in [-0.2, 0) is 0 Å². The van der Waals surface area contributed by atoms with E-state index in [1.165, 1.54) is 0 Å². The van der Waals surface area contributed by atoms with Crippen LogP contribution in [-0.4, -0.2) is 24.4 Å². The van der Waals surface area contributed by atoms with Crippen molar-refractivity contribution in [2.75, 3.05) is 19.0 Å². The van der Waals surface area contributed by atoms with Crippen LogP contribution in [0.4, 0.5) is 5.82 Å². The molecule has 0 saturated carbocycles. The van der Waals surface area contributed by atoms with Crippen LogP contribution in [0.2, 0.25) is 0 Å². The smallest absolute Gasteiger partial charge is 0.166 e. The zero-order valence-electron chi connectivity index (χ0n) is 16.4. The van der Waals surface area contributed by atoms with Gasteiger partial charge in [0.05, 0.1) is 23.8 Å². The van der Waals surface area contributed by atoms with Crippen LogP contribution < -0.4 is 10.1 Å². The van der Waals surface area contributed by atoms with Gasteiger partial charge in [-0.2, -0.15) is 5.26 Å². The Morgan fingerprint density at radius 3 is 2.75 bits per heavy atom. The predicted molar refractivity (Wildman–Crippen MR) is 111 cm³/mol. The molecular weight excluding hydrogens is 350 g/mol. The van der Waals surface area contributed by atoms with E-state index in [0.29, 0.717) is 42.1 Å². The minimum Gasteiger partial charge on any atom is -0.496 e. The number of anilines is 1. The largest absolute Gasteiger partial charge is 0.496 e. The van der Waals surface area contributed by atoms with Crippen LogP contribution in [0.15, 0.2) is 42.5 Å². The summed E-state index contributed by atoms with van der Waals surface area (Å²) >= 11 is 0. The number of carbonyl (C=O) groups is 1. The number of aryl methyl sites for hydroxylation is 2. The monoisotopic (exact) mass is 373 g/mol. The van der Waals surface area contributed by atoms with Gasteiger partial charge in [-0.25, -0.2) is 4.98 Å². The third-order valence-corrected chi connectivity index (χ3v) is 4.69. The van der Waals surface area contributed by atoms with E-state index in [4.69, 9.17) is 4.74 Å². The molecule has 1 aromatic heterocycles. The Kier molecular flexibility index (Phi) is 5.90. The molecule has 0 amide bonds. The molecule has 142 valence electrons. The normalized spacial score (nSPS) is 10.5. The number of para-hydroxylation sites is 1. The molecule has 28 heavy (non-hydrogen) atoms. The number of benzene rings is 2. The van der Waals surface area contributed by atoms with Crippen molar-refractivity contribution >= 4 is 22.5 Å². The highest BCUT2D eigenvalue weighted by atomic mass is 16.5. The molecule has 0 aliphatic rings. The topological polar surface area (TPSA) is 75.0 Å². The number of hydrogen-bond acceptors (Lipinski definition) is 5. The third-order valence-electron chi connectivity index (χ3n) is 4.69. The van der Waals surface area contributed by atoms with Gasteiger partial charge < -0.3 is 10.1 Å². The van der Waals surface area contributed by atoms with Crippen molar-refractivity contribution in [1.29, 1.82) is 5.26 Å². The molecule has 2 aromatic carbocycles. The molecule has 1 heterocycles. The molecule has 5 heteroatoms. The fraction of sp³-hybridized carbons (Fsp3) is 0.261. The van der Waals surface area contributed by atoms with E-state index in [9.17, 15) is 10.1 Å². The van der Waals surface area contributed by atoms with Crippen molar-refractivity contribution in [3.05, 3.63) is 64.7 Å². The number of nitrogens with zero attached hydrogens (tertiary/aromatic N) is 2. The fourth-order valence-electron chi connectivity index (χ4n) is 3.32. The average molecular weight is 373 g/mol. The molecule has 1 N–H and O–H groups in total. The van der Waals surface area contributed by atoms with Gasteiger partial charge in [0.15, 0.2) is 5.78 Å². The molecule has 3 aromatic rings. The zero-order valence-corrected chi connectivity index (χ0v) is 16.4. The number of fused-ring (bicyclic) bond motifs is 1. The van der Waals surface area contributed by atoms with Gasteiger partial charge in [0, 0.05) is 18.4 Å². The first-order chi connectivity index (χ1) is 13.5. The third kappa shape index (κ3) is 4.12. The van der Waals surface area contributed by atoms with Crippen molar-refractivity contribution in [1.82, 2.24) is 4.98 Å². The lowest BCUT2D eigenvalue weighted by Gasteiger charge is -2.11. The van der Waals surface area contributed by atoms with Crippen LogP contribution in [0.25, 0.3) is 10.9 Å². The van der Waals surface area contributed by atoms with Crippen molar-refractivity contribution in [2.24, 2.45) is 0 Å². The summed E-state index contributed by atoms with van der Waals surface area (Å²) in [5.74, 6) is 1.19. The van der Waals surface area contributed by atoms with Gasteiger partial charge in [0.1, 0.15) is 17.6 Å².